The standard InChI is InChI=1S/C23H24Cl2N5O8P/c1-22(2)7-14(11-4-5-12(24)13(25)6-11)37-39(32,38-22)33-8-15-17-23(3,36-21(31)35-17)20(34-15)30-10-29-16-18(26)27-9-28-19(16)30/h4-6,9-10,14-15,17,20H,7-8H2,1-3H3,(H2,26,27,28)/t14?,15-,17-,20-,23-,39?/m1/s1. The third kappa shape index (κ3) is 4.65. The zero-order valence-electron chi connectivity index (χ0n) is 20.9. The summed E-state index contributed by atoms with van der Waals surface area (Å²) in [4.78, 5) is 24.7. The van der Waals surface area contributed by atoms with Crippen molar-refractivity contribution in [3.8, 4) is 0 Å². The molecule has 0 bridgehead atoms. The van der Waals surface area contributed by atoms with Crippen LogP contribution in [0, 0.1) is 0 Å². The molecule has 3 aliphatic heterocycles. The maximum absolute atomic E-state index is 13.7. The van der Waals surface area contributed by atoms with Crippen molar-refractivity contribution in [3.63, 3.8) is 0 Å². The molecule has 6 atom stereocenters. The Morgan fingerprint density at radius 3 is 2.77 bits per heavy atom. The summed E-state index contributed by atoms with van der Waals surface area (Å²) in [5, 5.41) is 0.722. The van der Waals surface area contributed by atoms with Crippen LogP contribution in [0.25, 0.3) is 11.2 Å². The zero-order valence-corrected chi connectivity index (χ0v) is 23.4. The number of nitrogens with two attached hydrogens (primary N) is 1. The fourth-order valence-corrected chi connectivity index (χ4v) is 7.09. The second kappa shape index (κ2) is 9.27. The molecule has 208 valence electrons. The molecular weight excluding hydrogens is 576 g/mol. The Kier molecular flexibility index (Phi) is 6.35. The average Bonchev–Trinajstić information content (AvgIpc) is 3.48. The van der Waals surface area contributed by atoms with Gasteiger partial charge in [-0.3, -0.25) is 18.1 Å². The predicted molar refractivity (Wildman–Crippen MR) is 137 cm³/mol. The Labute approximate surface area is 232 Å². The van der Waals surface area contributed by atoms with Gasteiger partial charge in [-0.2, -0.15) is 0 Å². The van der Waals surface area contributed by atoms with Crippen molar-refractivity contribution in [2.45, 2.75) is 62.9 Å². The normalized spacial score (nSPS) is 33.6. The number of imidazole rings is 1. The number of rotatable bonds is 5. The van der Waals surface area contributed by atoms with Crippen molar-refractivity contribution >= 4 is 54.2 Å². The number of carbonyl (C=O) groups excluding carboxylic acids is 1. The van der Waals surface area contributed by atoms with Gasteiger partial charge in [0.2, 0.25) is 0 Å². The number of phosphoric ester groups is 1. The number of nitrogens with zero attached hydrogens (tertiary/aromatic N) is 4. The first-order valence-corrected chi connectivity index (χ1v) is 14.2. The van der Waals surface area contributed by atoms with Gasteiger partial charge in [-0.05, 0) is 38.5 Å². The topological polar surface area (TPSA) is 159 Å². The number of carbonyl (C=O) groups is 1. The molecule has 5 heterocycles. The first-order valence-electron chi connectivity index (χ1n) is 11.9. The summed E-state index contributed by atoms with van der Waals surface area (Å²) in [6.07, 6.45) is -1.14. The number of nitrogen functional groups attached to an aromatic ring is 1. The number of halogens is 2. The highest BCUT2D eigenvalue weighted by Gasteiger charge is 2.65. The maximum atomic E-state index is 13.7. The summed E-state index contributed by atoms with van der Waals surface area (Å²) in [6.45, 7) is 4.90. The van der Waals surface area contributed by atoms with Gasteiger partial charge in [0.15, 0.2) is 29.4 Å². The monoisotopic (exact) mass is 599 g/mol. The SMILES string of the molecule is CC1(C)CC(c2ccc(Cl)c(Cl)c2)OP(=O)(OC[C@H]2O[C@@H](n3cnc4c(N)ncnc43)[C@]3(C)OC(=O)O[C@H]23)O1. The van der Waals surface area contributed by atoms with Crippen molar-refractivity contribution in [1.82, 2.24) is 19.5 Å². The van der Waals surface area contributed by atoms with Crippen LogP contribution in [0.15, 0.2) is 30.9 Å². The van der Waals surface area contributed by atoms with E-state index in [0.29, 0.717) is 33.2 Å². The Bertz CT molecular complexity index is 1520. The molecule has 6 rings (SSSR count). The molecule has 0 spiro atoms. The van der Waals surface area contributed by atoms with Crippen LogP contribution < -0.4 is 5.73 Å². The minimum absolute atomic E-state index is 0.182. The zero-order chi connectivity index (χ0) is 27.7. The first-order chi connectivity index (χ1) is 18.4. The molecule has 2 aromatic heterocycles. The number of ether oxygens (including phenoxy) is 3. The molecule has 3 saturated heterocycles. The van der Waals surface area contributed by atoms with Crippen LogP contribution in [-0.2, 0) is 32.3 Å². The van der Waals surface area contributed by atoms with Gasteiger partial charge in [-0.25, -0.2) is 24.3 Å². The number of fused-ring (bicyclic) bond motifs is 2. The van der Waals surface area contributed by atoms with E-state index in [1.807, 2.05) is 0 Å². The van der Waals surface area contributed by atoms with Crippen LogP contribution in [0.2, 0.25) is 10.0 Å². The van der Waals surface area contributed by atoms with Crippen LogP contribution in [0.1, 0.15) is 45.1 Å². The highest BCUT2D eigenvalue weighted by Crippen LogP contribution is 2.62. The Balaban J connectivity index is 1.25. The molecule has 2 unspecified atom stereocenters. The Morgan fingerprint density at radius 1 is 1.21 bits per heavy atom. The quantitative estimate of drug-likeness (QED) is 0.309. The fraction of sp³-hybridized carbons (Fsp3) is 0.478. The number of hydrogen-bond donors (Lipinski definition) is 1. The third-order valence-corrected chi connectivity index (χ3v) is 9.30. The van der Waals surface area contributed by atoms with Gasteiger partial charge in [0.25, 0.3) is 0 Å². The van der Waals surface area contributed by atoms with Crippen molar-refractivity contribution in [1.29, 1.82) is 0 Å². The van der Waals surface area contributed by atoms with Crippen LogP contribution >= 0.6 is 31.0 Å². The molecule has 13 nitrogen and oxygen atoms in total. The van der Waals surface area contributed by atoms with Crippen LogP contribution in [-0.4, -0.2) is 55.7 Å². The molecule has 3 fully saturated rings. The van der Waals surface area contributed by atoms with Gasteiger partial charge < -0.3 is 19.9 Å². The lowest BCUT2D eigenvalue weighted by Crippen LogP contribution is -2.42. The molecule has 0 saturated carbocycles. The lowest BCUT2D eigenvalue weighted by atomic mass is 9.96. The molecule has 16 heteroatoms. The molecular formula is C23H24Cl2N5O8P. The number of anilines is 1. The summed E-state index contributed by atoms with van der Waals surface area (Å²) < 4.78 is 49.9. The number of phosphoric acid groups is 1. The van der Waals surface area contributed by atoms with E-state index in [9.17, 15) is 9.36 Å². The van der Waals surface area contributed by atoms with E-state index in [0.717, 1.165) is 0 Å². The third-order valence-electron chi connectivity index (χ3n) is 6.87. The van der Waals surface area contributed by atoms with Gasteiger partial charge in [0.05, 0.1) is 34.7 Å². The van der Waals surface area contributed by atoms with Gasteiger partial charge in [-0.15, -0.1) is 0 Å². The van der Waals surface area contributed by atoms with Crippen LogP contribution in [0.5, 0.6) is 0 Å². The fourth-order valence-electron chi connectivity index (χ4n) is 5.11. The second-order valence-electron chi connectivity index (χ2n) is 10.2. The molecule has 0 aliphatic carbocycles. The molecule has 1 aromatic carbocycles. The van der Waals surface area contributed by atoms with E-state index in [1.165, 1.54) is 12.7 Å². The van der Waals surface area contributed by atoms with E-state index in [4.69, 9.17) is 56.7 Å². The van der Waals surface area contributed by atoms with Gasteiger partial charge in [0.1, 0.15) is 17.9 Å². The van der Waals surface area contributed by atoms with E-state index >= 15 is 0 Å². The summed E-state index contributed by atoms with van der Waals surface area (Å²) in [6, 6.07) is 5.02. The lowest BCUT2D eigenvalue weighted by Gasteiger charge is -2.39. The molecule has 3 aromatic rings. The van der Waals surface area contributed by atoms with Crippen LogP contribution in [0.3, 0.4) is 0 Å². The molecule has 0 amide bonds. The molecule has 39 heavy (non-hydrogen) atoms. The Hall–Kier alpha value is -2.51. The van der Waals surface area contributed by atoms with Crippen molar-refractivity contribution in [3.05, 3.63) is 46.5 Å². The summed E-state index contributed by atoms with van der Waals surface area (Å²) in [5.74, 6) is 0.182. The van der Waals surface area contributed by atoms with Crippen LogP contribution in [0.4, 0.5) is 10.6 Å². The summed E-state index contributed by atoms with van der Waals surface area (Å²) in [5.41, 5.74) is 5.16. The average molecular weight is 600 g/mol. The molecule has 2 N–H and O–H groups in total. The van der Waals surface area contributed by atoms with Gasteiger partial charge in [-0.1, -0.05) is 29.3 Å². The van der Waals surface area contributed by atoms with E-state index in [1.54, 1.807) is 43.5 Å². The van der Waals surface area contributed by atoms with E-state index in [-0.39, 0.29) is 12.4 Å². The van der Waals surface area contributed by atoms with E-state index in [2.05, 4.69) is 15.0 Å². The first kappa shape index (κ1) is 26.7. The van der Waals surface area contributed by atoms with Crippen molar-refractivity contribution < 1.29 is 37.1 Å². The number of benzene rings is 1. The summed E-state index contributed by atoms with van der Waals surface area (Å²) >= 11 is 12.2. The van der Waals surface area contributed by atoms with Crippen molar-refractivity contribution in [2.24, 2.45) is 0 Å². The minimum atomic E-state index is -4.13. The van der Waals surface area contributed by atoms with E-state index < -0.39 is 49.7 Å². The smallest absolute Gasteiger partial charge is 0.424 e. The Morgan fingerprint density at radius 2 is 2.00 bits per heavy atom. The summed E-state index contributed by atoms with van der Waals surface area (Å²) in [7, 11) is -4.13. The minimum Gasteiger partial charge on any atom is -0.424 e. The lowest BCUT2D eigenvalue weighted by molar-refractivity contribution is -0.0988. The molecule has 3 aliphatic rings. The molecule has 0 radical (unpaired) electrons. The number of aromatic nitrogens is 4. The van der Waals surface area contributed by atoms with Gasteiger partial charge >= 0.3 is 14.0 Å². The predicted octanol–water partition coefficient (Wildman–Crippen LogP) is 4.99. The highest BCUT2D eigenvalue weighted by molar-refractivity contribution is 7.48. The van der Waals surface area contributed by atoms with Gasteiger partial charge in [0, 0.05) is 6.42 Å². The maximum Gasteiger partial charge on any atom is 0.509 e. The second-order valence-corrected chi connectivity index (χ2v) is 12.6. The highest BCUT2D eigenvalue weighted by atomic mass is 35.5. The largest absolute Gasteiger partial charge is 0.509 e. The number of hydrogen-bond acceptors (Lipinski definition) is 12. The van der Waals surface area contributed by atoms with Crippen molar-refractivity contribution in [2.75, 3.05) is 12.3 Å².